The highest BCUT2D eigenvalue weighted by atomic mass is 14.6. The maximum atomic E-state index is 3.89. The highest BCUT2D eigenvalue weighted by Crippen LogP contribution is 1.71. The molecule has 1 heteroatoms. The lowest BCUT2D eigenvalue weighted by atomic mass is 10.6. The topological polar surface area (TPSA) is 12.4 Å². The van der Waals surface area contributed by atoms with Crippen LogP contribution in [0.25, 0.3) is 0 Å². The molecule has 1 nitrogen and oxygen atoms in total. The van der Waals surface area contributed by atoms with Crippen molar-refractivity contribution in [2.75, 3.05) is 0 Å². The molecule has 0 saturated heterocycles. The fourth-order valence-corrected chi connectivity index (χ4v) is 0.272. The Kier molecular flexibility index (Phi) is 46.2. The number of rotatable bonds is 2. The minimum absolute atomic E-state index is 1.75. The van der Waals surface area contributed by atoms with Crippen molar-refractivity contribution in [1.82, 2.24) is 0 Å². The van der Waals surface area contributed by atoms with Gasteiger partial charge in [-0.2, -0.15) is 0 Å². The second-order valence-electron chi connectivity index (χ2n) is 1.31. The van der Waals surface area contributed by atoms with E-state index in [9.17, 15) is 0 Å². The van der Waals surface area contributed by atoms with Gasteiger partial charge < -0.3 is 0 Å². The first-order chi connectivity index (χ1) is 5.91. The molecule has 0 radical (unpaired) electrons. The molecule has 0 aliphatic carbocycles. The first-order valence-electron chi connectivity index (χ1n) is 4.67. The molecule has 0 aromatic rings. The molecule has 72 valence electrons. The largest absolute Gasteiger partial charge is 0.265 e. The molecule has 0 saturated carbocycles. The van der Waals surface area contributed by atoms with E-state index in [1.807, 2.05) is 59.8 Å². The van der Waals surface area contributed by atoms with Crippen molar-refractivity contribution in [1.29, 1.82) is 0 Å². The lowest BCUT2D eigenvalue weighted by Gasteiger charge is -1.69. The summed E-state index contributed by atoms with van der Waals surface area (Å²) in [5.41, 5.74) is 0. The minimum Gasteiger partial charge on any atom is -0.265 e. The molecule has 0 fully saturated rings. The number of nitrogens with zero attached hydrogens (tertiary/aromatic N) is 1. The van der Waals surface area contributed by atoms with Gasteiger partial charge in [0.15, 0.2) is 0 Å². The summed E-state index contributed by atoms with van der Waals surface area (Å²) in [5.74, 6) is 0. The van der Waals surface area contributed by atoms with Crippen molar-refractivity contribution in [2.45, 2.75) is 41.5 Å². The molecule has 0 heterocycles. The van der Waals surface area contributed by atoms with Crippen LogP contribution in [0.15, 0.2) is 29.4 Å². The maximum Gasteiger partial charge on any atom is 0.0264 e. The molecule has 0 spiro atoms. The van der Waals surface area contributed by atoms with Crippen molar-refractivity contribution >= 4 is 6.21 Å². The van der Waals surface area contributed by atoms with Crippen molar-refractivity contribution in [3.63, 3.8) is 0 Å². The zero-order valence-electron chi connectivity index (χ0n) is 9.33. The molecule has 0 aromatic heterocycles. The lowest BCUT2D eigenvalue weighted by molar-refractivity contribution is 1.50. The van der Waals surface area contributed by atoms with E-state index < -0.39 is 0 Å². The summed E-state index contributed by atoms with van der Waals surface area (Å²) in [4.78, 5) is 3.89. The second-order valence-corrected chi connectivity index (χ2v) is 1.31. The Morgan fingerprint density at radius 3 is 1.67 bits per heavy atom. The van der Waals surface area contributed by atoms with Crippen molar-refractivity contribution in [3.05, 3.63) is 24.4 Å². The summed E-state index contributed by atoms with van der Waals surface area (Å²) in [7, 11) is 0. The smallest absolute Gasteiger partial charge is 0.0264 e. The van der Waals surface area contributed by atoms with Crippen molar-refractivity contribution in [3.8, 4) is 0 Å². The van der Waals surface area contributed by atoms with Crippen LogP contribution in [0.2, 0.25) is 0 Å². The molecule has 12 heavy (non-hydrogen) atoms. The van der Waals surface area contributed by atoms with Crippen LogP contribution < -0.4 is 0 Å². The van der Waals surface area contributed by atoms with Crippen LogP contribution in [0, 0.1) is 0 Å². The van der Waals surface area contributed by atoms with Gasteiger partial charge in [0.2, 0.25) is 0 Å². The third kappa shape index (κ3) is 35.3. The molecule has 0 aliphatic heterocycles. The molecular formula is C11H23N. The Balaban J connectivity index is -0.000000175. The molecule has 0 atom stereocenters. The van der Waals surface area contributed by atoms with E-state index in [1.165, 1.54) is 0 Å². The average molecular weight is 169 g/mol. The van der Waals surface area contributed by atoms with Crippen LogP contribution in [0.1, 0.15) is 41.5 Å². The standard InChI is InChI=1S/C7H11N.2C2H6/c1-3-5-7-8-6-4-2;2*1-2/h3-7H,1-2H3;2*1-2H3/b5-3+,6-4-,8-7+;;. The van der Waals surface area contributed by atoms with Gasteiger partial charge in [-0.25, -0.2) is 0 Å². The van der Waals surface area contributed by atoms with Gasteiger partial charge in [0.25, 0.3) is 0 Å². The lowest BCUT2D eigenvalue weighted by Crippen LogP contribution is -1.57. The van der Waals surface area contributed by atoms with Gasteiger partial charge in [-0.15, -0.1) is 0 Å². The predicted molar refractivity (Wildman–Crippen MR) is 60.8 cm³/mol. The number of allylic oxidation sites excluding steroid dienone is 3. The molecule has 0 amide bonds. The van der Waals surface area contributed by atoms with Crippen molar-refractivity contribution < 1.29 is 0 Å². The van der Waals surface area contributed by atoms with Crippen LogP contribution in [0.3, 0.4) is 0 Å². The molecule has 0 aromatic carbocycles. The Morgan fingerprint density at radius 1 is 0.833 bits per heavy atom. The Labute approximate surface area is 77.9 Å². The monoisotopic (exact) mass is 169 g/mol. The molecule has 0 N–H and O–H groups in total. The minimum atomic E-state index is 1.75. The van der Waals surface area contributed by atoms with E-state index in [1.54, 1.807) is 12.4 Å². The van der Waals surface area contributed by atoms with Crippen LogP contribution in [0.5, 0.6) is 0 Å². The Bertz CT molecular complexity index is 96.2. The van der Waals surface area contributed by atoms with Gasteiger partial charge in [-0.3, -0.25) is 4.99 Å². The van der Waals surface area contributed by atoms with E-state index >= 15 is 0 Å². The first-order valence-corrected chi connectivity index (χ1v) is 4.67. The molecule has 0 aliphatic rings. The summed E-state index contributed by atoms with van der Waals surface area (Å²) in [6, 6.07) is 0. The van der Waals surface area contributed by atoms with Gasteiger partial charge in [0.05, 0.1) is 0 Å². The molecule has 0 rings (SSSR count). The van der Waals surface area contributed by atoms with Crippen LogP contribution >= 0.6 is 0 Å². The van der Waals surface area contributed by atoms with Gasteiger partial charge in [-0.05, 0) is 19.9 Å². The van der Waals surface area contributed by atoms with E-state index in [0.717, 1.165) is 0 Å². The van der Waals surface area contributed by atoms with E-state index in [-0.39, 0.29) is 0 Å². The summed E-state index contributed by atoms with van der Waals surface area (Å²) < 4.78 is 0. The van der Waals surface area contributed by atoms with E-state index in [4.69, 9.17) is 0 Å². The Morgan fingerprint density at radius 2 is 1.33 bits per heavy atom. The Hall–Kier alpha value is -0.850. The fraction of sp³-hybridized carbons (Fsp3) is 0.545. The quantitative estimate of drug-likeness (QED) is 0.549. The summed E-state index contributed by atoms with van der Waals surface area (Å²) >= 11 is 0. The fourth-order valence-electron chi connectivity index (χ4n) is 0.272. The van der Waals surface area contributed by atoms with E-state index in [2.05, 4.69) is 4.99 Å². The summed E-state index contributed by atoms with van der Waals surface area (Å²) in [6.07, 6.45) is 9.22. The van der Waals surface area contributed by atoms with E-state index in [0.29, 0.717) is 0 Å². The van der Waals surface area contributed by atoms with Gasteiger partial charge in [-0.1, -0.05) is 39.8 Å². The van der Waals surface area contributed by atoms with Gasteiger partial charge in [0.1, 0.15) is 0 Å². The summed E-state index contributed by atoms with van der Waals surface area (Å²) in [6.45, 7) is 11.9. The average Bonchev–Trinajstić information content (AvgIpc) is 2.19. The zero-order chi connectivity index (χ0) is 10.2. The maximum absolute atomic E-state index is 3.89. The third-order valence-corrected chi connectivity index (χ3v) is 0.600. The number of hydrogen-bond donors (Lipinski definition) is 0. The summed E-state index contributed by atoms with van der Waals surface area (Å²) in [5, 5.41) is 0. The molecular weight excluding hydrogens is 146 g/mol. The predicted octanol–water partition coefficient (Wildman–Crippen LogP) is 4.22. The van der Waals surface area contributed by atoms with Crippen LogP contribution in [-0.2, 0) is 0 Å². The van der Waals surface area contributed by atoms with Gasteiger partial charge >= 0.3 is 0 Å². The van der Waals surface area contributed by atoms with Crippen molar-refractivity contribution in [2.24, 2.45) is 4.99 Å². The molecule has 0 bridgehead atoms. The SMILES string of the molecule is CC.CC.C\C=C/N=C/C=C/C. The molecule has 0 unspecified atom stereocenters. The van der Waals surface area contributed by atoms with Gasteiger partial charge in [0, 0.05) is 12.4 Å². The second kappa shape index (κ2) is 32.0. The number of aliphatic imine (C=N–C) groups is 1. The first kappa shape index (κ1) is 17.3. The zero-order valence-corrected chi connectivity index (χ0v) is 9.33. The van der Waals surface area contributed by atoms with Crippen LogP contribution in [0.4, 0.5) is 0 Å². The highest BCUT2D eigenvalue weighted by Gasteiger charge is 1.55. The normalized spacial score (nSPS) is 9.50. The highest BCUT2D eigenvalue weighted by molar-refractivity contribution is 5.71. The number of hydrogen-bond acceptors (Lipinski definition) is 1. The van der Waals surface area contributed by atoms with Crippen LogP contribution in [-0.4, -0.2) is 6.21 Å². The third-order valence-electron chi connectivity index (χ3n) is 0.600.